The van der Waals surface area contributed by atoms with E-state index in [9.17, 15) is 14.0 Å². The predicted molar refractivity (Wildman–Crippen MR) is 113 cm³/mol. The van der Waals surface area contributed by atoms with Crippen LogP contribution < -0.4 is 10.7 Å². The smallest absolute Gasteiger partial charge is 0.259 e. The van der Waals surface area contributed by atoms with Crippen molar-refractivity contribution in [1.82, 2.24) is 0 Å². The van der Waals surface area contributed by atoms with E-state index in [4.69, 9.17) is 11.6 Å². The monoisotopic (exact) mass is 409 g/mol. The summed E-state index contributed by atoms with van der Waals surface area (Å²) in [5.74, 6) is -1.24. The van der Waals surface area contributed by atoms with Crippen LogP contribution >= 0.6 is 22.9 Å². The molecule has 3 aromatic carbocycles. The van der Waals surface area contributed by atoms with Crippen molar-refractivity contribution in [1.29, 1.82) is 0 Å². The van der Waals surface area contributed by atoms with Crippen LogP contribution in [0, 0.1) is 5.82 Å². The fraction of sp³-hybridized carbons (Fsp3) is 0. The number of nitrogens with one attached hydrogen (secondary N) is 1. The average Bonchev–Trinajstić information content (AvgIpc) is 2.70. The molecular formula is C22H13ClFNO2S. The maximum atomic E-state index is 14.0. The van der Waals surface area contributed by atoms with E-state index in [0.29, 0.717) is 26.5 Å². The zero-order valence-electron chi connectivity index (χ0n) is 14.4. The Labute approximate surface area is 169 Å². The summed E-state index contributed by atoms with van der Waals surface area (Å²) in [5, 5.41) is 4.18. The quantitative estimate of drug-likeness (QED) is 0.453. The van der Waals surface area contributed by atoms with Crippen LogP contribution in [0.25, 0.3) is 21.2 Å². The van der Waals surface area contributed by atoms with Crippen molar-refractivity contribution >= 4 is 43.9 Å². The SMILES string of the molecule is O=C(Nc1sc2ccccc2c(=O)c1-c1ccc(Cl)cc1)c1ccccc1F. The molecule has 0 aliphatic heterocycles. The van der Waals surface area contributed by atoms with Crippen molar-refractivity contribution in [3.63, 3.8) is 0 Å². The number of rotatable bonds is 3. The number of hydrogen-bond donors (Lipinski definition) is 1. The molecule has 4 aromatic rings. The van der Waals surface area contributed by atoms with E-state index in [1.54, 1.807) is 42.5 Å². The number of halogens is 2. The molecule has 0 saturated carbocycles. The average molecular weight is 410 g/mol. The lowest BCUT2D eigenvalue weighted by atomic mass is 10.1. The van der Waals surface area contributed by atoms with Gasteiger partial charge in [0.1, 0.15) is 10.8 Å². The molecule has 0 fully saturated rings. The third-order valence-electron chi connectivity index (χ3n) is 4.28. The van der Waals surface area contributed by atoms with Gasteiger partial charge in [-0.3, -0.25) is 9.59 Å². The second kappa shape index (κ2) is 7.54. The standard InChI is InChI=1S/C22H13ClFNO2S/c23-14-11-9-13(10-12-14)19-20(26)16-6-2-4-8-18(16)28-22(19)25-21(27)15-5-1-3-7-17(15)24/h1-12H,(H,25,27). The summed E-state index contributed by atoms with van der Waals surface area (Å²) in [4.78, 5) is 25.8. The third kappa shape index (κ3) is 3.42. The molecule has 1 N–H and O–H groups in total. The maximum absolute atomic E-state index is 14.0. The van der Waals surface area contributed by atoms with Gasteiger partial charge >= 0.3 is 0 Å². The van der Waals surface area contributed by atoms with E-state index in [2.05, 4.69) is 5.32 Å². The normalized spacial score (nSPS) is 10.8. The zero-order valence-corrected chi connectivity index (χ0v) is 16.0. The van der Waals surface area contributed by atoms with Gasteiger partial charge in [-0.2, -0.15) is 0 Å². The van der Waals surface area contributed by atoms with Crippen LogP contribution in [0.2, 0.25) is 5.02 Å². The van der Waals surface area contributed by atoms with Crippen molar-refractivity contribution in [2.45, 2.75) is 0 Å². The number of anilines is 1. The van der Waals surface area contributed by atoms with Crippen LogP contribution in [-0.2, 0) is 0 Å². The molecule has 28 heavy (non-hydrogen) atoms. The highest BCUT2D eigenvalue weighted by Crippen LogP contribution is 2.34. The first-order valence-corrected chi connectivity index (χ1v) is 9.61. The van der Waals surface area contributed by atoms with Gasteiger partial charge in [-0.25, -0.2) is 4.39 Å². The number of fused-ring (bicyclic) bond motifs is 1. The second-order valence-electron chi connectivity index (χ2n) is 6.07. The fourth-order valence-electron chi connectivity index (χ4n) is 2.92. The summed E-state index contributed by atoms with van der Waals surface area (Å²) in [5.41, 5.74) is 0.683. The van der Waals surface area contributed by atoms with E-state index in [1.807, 2.05) is 12.1 Å². The largest absolute Gasteiger partial charge is 0.313 e. The molecule has 138 valence electrons. The lowest BCUT2D eigenvalue weighted by Gasteiger charge is -2.12. The second-order valence-corrected chi connectivity index (χ2v) is 7.56. The molecule has 0 spiro atoms. The first-order valence-electron chi connectivity index (χ1n) is 8.42. The Bertz CT molecular complexity index is 1250. The predicted octanol–water partition coefficient (Wildman–Crippen LogP) is 5.97. The van der Waals surface area contributed by atoms with Crippen LogP contribution in [0.1, 0.15) is 10.4 Å². The van der Waals surface area contributed by atoms with Gasteiger partial charge in [-0.1, -0.05) is 48.0 Å². The van der Waals surface area contributed by atoms with E-state index in [1.165, 1.54) is 29.5 Å². The molecule has 0 atom stereocenters. The number of hydrogen-bond acceptors (Lipinski definition) is 3. The van der Waals surface area contributed by atoms with Crippen molar-refractivity contribution in [3.8, 4) is 11.1 Å². The molecule has 0 saturated heterocycles. The van der Waals surface area contributed by atoms with Crippen molar-refractivity contribution in [2.24, 2.45) is 0 Å². The van der Waals surface area contributed by atoms with E-state index < -0.39 is 11.7 Å². The summed E-state index contributed by atoms with van der Waals surface area (Å²) in [6, 6.07) is 19.7. The van der Waals surface area contributed by atoms with Crippen molar-refractivity contribution < 1.29 is 9.18 Å². The molecule has 1 heterocycles. The molecule has 0 unspecified atom stereocenters. The zero-order chi connectivity index (χ0) is 19.7. The minimum Gasteiger partial charge on any atom is -0.313 e. The first-order chi connectivity index (χ1) is 13.5. The molecule has 4 rings (SSSR count). The highest BCUT2D eigenvalue weighted by atomic mass is 35.5. The molecule has 0 aliphatic carbocycles. The Balaban J connectivity index is 1.90. The maximum Gasteiger partial charge on any atom is 0.259 e. The van der Waals surface area contributed by atoms with E-state index in [0.717, 1.165) is 4.70 Å². The topological polar surface area (TPSA) is 46.2 Å². The number of benzene rings is 3. The summed E-state index contributed by atoms with van der Waals surface area (Å²) in [6.07, 6.45) is 0. The van der Waals surface area contributed by atoms with Gasteiger partial charge in [0.25, 0.3) is 5.91 Å². The molecule has 0 bridgehead atoms. The minimum atomic E-state index is -0.624. The van der Waals surface area contributed by atoms with Crippen LogP contribution in [-0.4, -0.2) is 5.91 Å². The molecule has 0 aliphatic rings. The van der Waals surface area contributed by atoms with Crippen LogP contribution in [0.3, 0.4) is 0 Å². The number of carbonyl (C=O) groups is 1. The van der Waals surface area contributed by atoms with Gasteiger partial charge < -0.3 is 5.32 Å². The van der Waals surface area contributed by atoms with Crippen molar-refractivity contribution in [2.75, 3.05) is 5.32 Å². The molecule has 6 heteroatoms. The Morgan fingerprint density at radius 2 is 1.61 bits per heavy atom. The van der Waals surface area contributed by atoms with Crippen molar-refractivity contribution in [3.05, 3.63) is 99.4 Å². The fourth-order valence-corrected chi connectivity index (χ4v) is 4.14. The van der Waals surface area contributed by atoms with Gasteiger partial charge in [0, 0.05) is 15.1 Å². The van der Waals surface area contributed by atoms with Gasteiger partial charge in [0.05, 0.1) is 11.1 Å². The van der Waals surface area contributed by atoms with Gasteiger partial charge in [-0.15, -0.1) is 11.3 Å². The van der Waals surface area contributed by atoms with Gasteiger partial charge in [0.15, 0.2) is 5.43 Å². The number of amides is 1. The van der Waals surface area contributed by atoms with Crippen LogP contribution in [0.5, 0.6) is 0 Å². The van der Waals surface area contributed by atoms with Gasteiger partial charge in [-0.05, 0) is 42.0 Å². The number of carbonyl (C=O) groups excluding carboxylic acids is 1. The molecular weight excluding hydrogens is 397 g/mol. The highest BCUT2D eigenvalue weighted by Gasteiger charge is 2.18. The Kier molecular flexibility index (Phi) is 4.94. The summed E-state index contributed by atoms with van der Waals surface area (Å²) in [6.45, 7) is 0. The lowest BCUT2D eigenvalue weighted by molar-refractivity contribution is 0.102. The molecule has 1 aromatic heterocycles. The van der Waals surface area contributed by atoms with Crippen LogP contribution in [0.15, 0.2) is 77.6 Å². The Morgan fingerprint density at radius 3 is 2.36 bits per heavy atom. The molecule has 3 nitrogen and oxygen atoms in total. The minimum absolute atomic E-state index is 0.0858. The third-order valence-corrected chi connectivity index (χ3v) is 5.61. The summed E-state index contributed by atoms with van der Waals surface area (Å²) in [7, 11) is 0. The van der Waals surface area contributed by atoms with Gasteiger partial charge in [0.2, 0.25) is 0 Å². The lowest BCUT2D eigenvalue weighted by Crippen LogP contribution is -2.16. The summed E-state index contributed by atoms with van der Waals surface area (Å²) < 4.78 is 14.7. The highest BCUT2D eigenvalue weighted by molar-refractivity contribution is 7.22. The van der Waals surface area contributed by atoms with E-state index >= 15 is 0 Å². The molecule has 1 amide bonds. The summed E-state index contributed by atoms with van der Waals surface area (Å²) >= 11 is 7.24. The first kappa shape index (κ1) is 18.3. The Morgan fingerprint density at radius 1 is 0.929 bits per heavy atom. The van der Waals surface area contributed by atoms with E-state index in [-0.39, 0.29) is 11.0 Å². The Hall–Kier alpha value is -3.02. The van der Waals surface area contributed by atoms with Crippen LogP contribution in [0.4, 0.5) is 9.39 Å². The molecule has 0 radical (unpaired) electrons.